The van der Waals surface area contributed by atoms with Gasteiger partial charge in [0.1, 0.15) is 0 Å². The summed E-state index contributed by atoms with van der Waals surface area (Å²) in [5.74, 6) is 0.611. The van der Waals surface area contributed by atoms with Gasteiger partial charge in [0.05, 0.1) is 0 Å². The molecule has 1 aliphatic carbocycles. The zero-order chi connectivity index (χ0) is 9.26. The first-order valence-electron chi connectivity index (χ1n) is 5.31. The molecule has 2 unspecified atom stereocenters. The molecule has 2 aliphatic rings. The summed E-state index contributed by atoms with van der Waals surface area (Å²) in [5, 5.41) is 6.46. The number of rotatable bonds is 2. The lowest BCUT2D eigenvalue weighted by atomic mass is 9.84. The quantitative estimate of drug-likeness (QED) is 0.658. The lowest BCUT2D eigenvalue weighted by Crippen LogP contribution is -2.45. The Bertz CT molecular complexity index is 201. The fourth-order valence-corrected chi connectivity index (χ4v) is 2.03. The van der Waals surface area contributed by atoms with Crippen molar-refractivity contribution in [2.45, 2.75) is 44.7 Å². The van der Waals surface area contributed by atoms with Crippen LogP contribution in [0.15, 0.2) is 0 Å². The van der Waals surface area contributed by atoms with Crippen LogP contribution < -0.4 is 10.6 Å². The summed E-state index contributed by atoms with van der Waals surface area (Å²) in [4.78, 5) is 11.6. The van der Waals surface area contributed by atoms with Gasteiger partial charge < -0.3 is 10.6 Å². The molecule has 74 valence electrons. The lowest BCUT2D eigenvalue weighted by Gasteiger charge is -2.27. The van der Waals surface area contributed by atoms with E-state index in [2.05, 4.69) is 17.6 Å². The molecule has 1 saturated heterocycles. The van der Waals surface area contributed by atoms with Crippen molar-refractivity contribution in [1.29, 1.82) is 0 Å². The van der Waals surface area contributed by atoms with Crippen molar-refractivity contribution in [1.82, 2.24) is 10.6 Å². The third-order valence-corrected chi connectivity index (χ3v) is 3.33. The van der Waals surface area contributed by atoms with Crippen LogP contribution in [0.2, 0.25) is 0 Å². The normalized spacial score (nSPS) is 34.2. The van der Waals surface area contributed by atoms with Crippen LogP contribution in [0.3, 0.4) is 0 Å². The number of carbonyl (C=O) groups is 1. The molecule has 3 heteroatoms. The van der Waals surface area contributed by atoms with Crippen LogP contribution in [0.5, 0.6) is 0 Å². The summed E-state index contributed by atoms with van der Waals surface area (Å²) in [6, 6.07) is 0.817. The van der Waals surface area contributed by atoms with Gasteiger partial charge >= 0.3 is 0 Å². The molecule has 1 heterocycles. The van der Waals surface area contributed by atoms with Crippen molar-refractivity contribution in [3.63, 3.8) is 0 Å². The van der Waals surface area contributed by atoms with Crippen molar-refractivity contribution in [3.8, 4) is 0 Å². The smallest absolute Gasteiger partial charge is 0.223 e. The Labute approximate surface area is 79.3 Å². The van der Waals surface area contributed by atoms with Crippen molar-refractivity contribution < 1.29 is 4.79 Å². The van der Waals surface area contributed by atoms with E-state index in [1.54, 1.807) is 0 Å². The molecule has 2 fully saturated rings. The highest BCUT2D eigenvalue weighted by Gasteiger charge is 2.30. The van der Waals surface area contributed by atoms with Gasteiger partial charge in [-0.05, 0) is 32.7 Å². The molecule has 0 aromatic heterocycles. The Morgan fingerprint density at radius 2 is 2.15 bits per heavy atom. The van der Waals surface area contributed by atoms with E-state index in [0.717, 1.165) is 25.8 Å². The molecule has 0 aromatic rings. The standard InChI is InChI=1S/C10H18N2O/c1-7-9(5-6-11-7)12-10(13)8-3-2-4-8/h7-9,11H,2-6H2,1H3,(H,12,13). The van der Waals surface area contributed by atoms with Gasteiger partial charge in [-0.1, -0.05) is 6.42 Å². The monoisotopic (exact) mass is 182 g/mol. The zero-order valence-corrected chi connectivity index (χ0v) is 8.18. The largest absolute Gasteiger partial charge is 0.352 e. The fourth-order valence-electron chi connectivity index (χ4n) is 2.03. The number of nitrogens with one attached hydrogen (secondary N) is 2. The third-order valence-electron chi connectivity index (χ3n) is 3.33. The van der Waals surface area contributed by atoms with E-state index in [0.29, 0.717) is 18.0 Å². The first kappa shape index (κ1) is 9.00. The minimum absolute atomic E-state index is 0.284. The number of hydrogen-bond acceptors (Lipinski definition) is 2. The summed E-state index contributed by atoms with van der Waals surface area (Å²) in [5.41, 5.74) is 0. The van der Waals surface area contributed by atoms with Gasteiger partial charge in [-0.3, -0.25) is 4.79 Å². The van der Waals surface area contributed by atoms with E-state index in [1.807, 2.05) is 0 Å². The second-order valence-corrected chi connectivity index (χ2v) is 4.27. The highest BCUT2D eigenvalue weighted by molar-refractivity contribution is 5.79. The molecule has 13 heavy (non-hydrogen) atoms. The summed E-state index contributed by atoms with van der Waals surface area (Å²) in [6.07, 6.45) is 4.51. The fraction of sp³-hybridized carbons (Fsp3) is 0.900. The molecule has 1 saturated carbocycles. The Morgan fingerprint density at radius 3 is 2.62 bits per heavy atom. The zero-order valence-electron chi connectivity index (χ0n) is 8.18. The van der Waals surface area contributed by atoms with Crippen molar-refractivity contribution >= 4 is 5.91 Å². The molecular formula is C10H18N2O. The lowest BCUT2D eigenvalue weighted by molar-refractivity contribution is -0.128. The summed E-state index contributed by atoms with van der Waals surface area (Å²) in [6.45, 7) is 3.18. The molecule has 0 aromatic carbocycles. The average Bonchev–Trinajstić information content (AvgIpc) is 2.32. The summed E-state index contributed by atoms with van der Waals surface area (Å²) >= 11 is 0. The van der Waals surface area contributed by atoms with E-state index >= 15 is 0 Å². The maximum absolute atomic E-state index is 11.6. The van der Waals surface area contributed by atoms with Gasteiger partial charge in [0, 0.05) is 18.0 Å². The van der Waals surface area contributed by atoms with Gasteiger partial charge in [-0.25, -0.2) is 0 Å². The van der Waals surface area contributed by atoms with Crippen LogP contribution in [-0.4, -0.2) is 24.5 Å². The first-order chi connectivity index (χ1) is 6.27. The second kappa shape index (κ2) is 3.66. The molecule has 0 spiro atoms. The van der Waals surface area contributed by atoms with Crippen molar-refractivity contribution in [3.05, 3.63) is 0 Å². The van der Waals surface area contributed by atoms with Gasteiger partial charge in [0.15, 0.2) is 0 Å². The molecule has 3 nitrogen and oxygen atoms in total. The molecule has 2 rings (SSSR count). The van der Waals surface area contributed by atoms with Crippen LogP contribution in [0.1, 0.15) is 32.6 Å². The summed E-state index contributed by atoms with van der Waals surface area (Å²) < 4.78 is 0. The maximum Gasteiger partial charge on any atom is 0.223 e. The molecule has 1 aliphatic heterocycles. The van der Waals surface area contributed by atoms with Crippen LogP contribution in [0, 0.1) is 5.92 Å². The Balaban J connectivity index is 1.79. The minimum Gasteiger partial charge on any atom is -0.352 e. The molecule has 2 N–H and O–H groups in total. The predicted molar refractivity (Wildman–Crippen MR) is 51.4 cm³/mol. The molecule has 1 amide bonds. The van der Waals surface area contributed by atoms with Crippen LogP contribution in [0.4, 0.5) is 0 Å². The highest BCUT2D eigenvalue weighted by atomic mass is 16.2. The maximum atomic E-state index is 11.6. The van der Waals surface area contributed by atoms with E-state index < -0.39 is 0 Å². The van der Waals surface area contributed by atoms with Crippen molar-refractivity contribution in [2.75, 3.05) is 6.54 Å². The minimum atomic E-state index is 0.284. The number of carbonyl (C=O) groups excluding carboxylic acids is 1. The first-order valence-corrected chi connectivity index (χ1v) is 5.31. The highest BCUT2D eigenvalue weighted by Crippen LogP contribution is 2.26. The van der Waals surface area contributed by atoms with Crippen molar-refractivity contribution in [2.24, 2.45) is 5.92 Å². The number of hydrogen-bond donors (Lipinski definition) is 2. The topological polar surface area (TPSA) is 41.1 Å². The van der Waals surface area contributed by atoms with E-state index in [9.17, 15) is 4.79 Å². The molecular weight excluding hydrogens is 164 g/mol. The Kier molecular flexibility index (Phi) is 2.54. The van der Waals surface area contributed by atoms with E-state index in [4.69, 9.17) is 0 Å². The van der Waals surface area contributed by atoms with Crippen LogP contribution in [-0.2, 0) is 4.79 Å². The second-order valence-electron chi connectivity index (χ2n) is 4.27. The van der Waals surface area contributed by atoms with Gasteiger partial charge in [-0.15, -0.1) is 0 Å². The Morgan fingerprint density at radius 1 is 1.38 bits per heavy atom. The van der Waals surface area contributed by atoms with Gasteiger partial charge in [0.2, 0.25) is 5.91 Å². The average molecular weight is 182 g/mol. The predicted octanol–water partition coefficient (Wildman–Crippen LogP) is 0.653. The van der Waals surface area contributed by atoms with Crippen LogP contribution in [0.25, 0.3) is 0 Å². The number of amides is 1. The Hall–Kier alpha value is -0.570. The van der Waals surface area contributed by atoms with Crippen LogP contribution >= 0.6 is 0 Å². The molecule has 0 bridgehead atoms. The summed E-state index contributed by atoms with van der Waals surface area (Å²) in [7, 11) is 0. The van der Waals surface area contributed by atoms with Gasteiger partial charge in [0.25, 0.3) is 0 Å². The van der Waals surface area contributed by atoms with E-state index in [1.165, 1.54) is 6.42 Å². The van der Waals surface area contributed by atoms with E-state index in [-0.39, 0.29) is 5.91 Å². The third kappa shape index (κ3) is 1.85. The molecule has 2 atom stereocenters. The molecule has 0 radical (unpaired) electrons. The SMILES string of the molecule is CC1NCCC1NC(=O)C1CCC1. The van der Waals surface area contributed by atoms with Gasteiger partial charge in [-0.2, -0.15) is 0 Å².